The van der Waals surface area contributed by atoms with E-state index in [9.17, 15) is 19.6 Å². The SMILES string of the molecule is CCc1cccc(CC)c1N1CC(C(=O)Nc2oc(C)c(C(C)=O)c2C#N)CC1=O. The molecular weight excluding hydrogens is 382 g/mol. The van der Waals surface area contributed by atoms with Crippen molar-refractivity contribution in [3.05, 3.63) is 46.2 Å². The van der Waals surface area contributed by atoms with Gasteiger partial charge in [0.05, 0.1) is 11.5 Å². The van der Waals surface area contributed by atoms with E-state index in [-0.39, 0.29) is 47.4 Å². The van der Waals surface area contributed by atoms with Crippen molar-refractivity contribution in [2.75, 3.05) is 16.8 Å². The van der Waals surface area contributed by atoms with Crippen LogP contribution in [0.1, 0.15) is 60.0 Å². The molecule has 1 fully saturated rings. The van der Waals surface area contributed by atoms with Gasteiger partial charge in [-0.3, -0.25) is 19.7 Å². The highest BCUT2D eigenvalue weighted by atomic mass is 16.4. The molecule has 1 aromatic carbocycles. The third-order valence-electron chi connectivity index (χ3n) is 5.52. The molecule has 156 valence electrons. The number of nitriles is 1. The minimum atomic E-state index is -0.579. The van der Waals surface area contributed by atoms with Crippen molar-refractivity contribution in [1.29, 1.82) is 5.26 Å². The molecule has 30 heavy (non-hydrogen) atoms. The summed E-state index contributed by atoms with van der Waals surface area (Å²) >= 11 is 0. The quantitative estimate of drug-likeness (QED) is 0.734. The van der Waals surface area contributed by atoms with Crippen LogP contribution < -0.4 is 10.2 Å². The number of Topliss-reactive ketones (excluding diaryl/α,β-unsaturated/α-hetero) is 1. The van der Waals surface area contributed by atoms with Crippen molar-refractivity contribution in [3.63, 3.8) is 0 Å². The zero-order valence-corrected chi connectivity index (χ0v) is 17.7. The molecule has 7 heteroatoms. The van der Waals surface area contributed by atoms with Gasteiger partial charge >= 0.3 is 0 Å². The Morgan fingerprint density at radius 3 is 2.43 bits per heavy atom. The minimum Gasteiger partial charge on any atom is -0.443 e. The number of amides is 2. The number of nitrogens with one attached hydrogen (secondary N) is 1. The van der Waals surface area contributed by atoms with Gasteiger partial charge in [-0.1, -0.05) is 32.0 Å². The van der Waals surface area contributed by atoms with Crippen molar-refractivity contribution >= 4 is 29.2 Å². The highest BCUT2D eigenvalue weighted by Gasteiger charge is 2.37. The molecule has 0 radical (unpaired) electrons. The molecule has 1 N–H and O–H groups in total. The van der Waals surface area contributed by atoms with Crippen LogP contribution in [0.2, 0.25) is 0 Å². The standard InChI is InChI=1S/C23H25N3O4/c1-5-15-8-7-9-16(6-2)21(15)26-12-17(10-19(26)28)22(29)25-23-18(11-24)20(13(3)27)14(4)30-23/h7-9,17H,5-6,10,12H2,1-4H3,(H,25,29). The van der Waals surface area contributed by atoms with Crippen LogP contribution in [0.3, 0.4) is 0 Å². The van der Waals surface area contributed by atoms with Gasteiger partial charge in [-0.2, -0.15) is 5.26 Å². The lowest BCUT2D eigenvalue weighted by Crippen LogP contribution is -2.29. The van der Waals surface area contributed by atoms with Gasteiger partial charge in [0.15, 0.2) is 5.78 Å². The Balaban J connectivity index is 1.85. The molecule has 7 nitrogen and oxygen atoms in total. The van der Waals surface area contributed by atoms with Gasteiger partial charge in [0.2, 0.25) is 17.7 Å². The first kappa shape index (κ1) is 21.3. The van der Waals surface area contributed by atoms with E-state index in [4.69, 9.17) is 4.42 Å². The average Bonchev–Trinajstić information content (AvgIpc) is 3.26. The van der Waals surface area contributed by atoms with Gasteiger partial charge in [-0.15, -0.1) is 0 Å². The monoisotopic (exact) mass is 407 g/mol. The Morgan fingerprint density at radius 2 is 1.90 bits per heavy atom. The van der Waals surface area contributed by atoms with E-state index < -0.39 is 11.8 Å². The predicted molar refractivity (Wildman–Crippen MR) is 112 cm³/mol. The second-order valence-corrected chi connectivity index (χ2v) is 7.43. The molecule has 0 spiro atoms. The summed E-state index contributed by atoms with van der Waals surface area (Å²) in [5.74, 6) is -1.16. The summed E-state index contributed by atoms with van der Waals surface area (Å²) in [7, 11) is 0. The van der Waals surface area contributed by atoms with Gasteiger partial charge in [0.25, 0.3) is 0 Å². The number of hydrogen-bond donors (Lipinski definition) is 1. The van der Waals surface area contributed by atoms with Crippen molar-refractivity contribution in [2.45, 2.75) is 47.0 Å². The van der Waals surface area contributed by atoms with Crippen LogP contribution in [0, 0.1) is 24.2 Å². The van der Waals surface area contributed by atoms with Crippen LogP contribution in [0.5, 0.6) is 0 Å². The van der Waals surface area contributed by atoms with Gasteiger partial charge in [-0.25, -0.2) is 0 Å². The molecule has 1 aliphatic heterocycles. The Kier molecular flexibility index (Phi) is 6.06. The lowest BCUT2D eigenvalue weighted by atomic mass is 10.0. The topological polar surface area (TPSA) is 103 Å². The van der Waals surface area contributed by atoms with Crippen molar-refractivity contribution < 1.29 is 18.8 Å². The van der Waals surface area contributed by atoms with E-state index in [0.29, 0.717) is 0 Å². The zero-order valence-electron chi connectivity index (χ0n) is 17.7. The van der Waals surface area contributed by atoms with Crippen molar-refractivity contribution in [2.24, 2.45) is 5.92 Å². The van der Waals surface area contributed by atoms with E-state index in [1.54, 1.807) is 11.8 Å². The highest BCUT2D eigenvalue weighted by Crippen LogP contribution is 2.33. The summed E-state index contributed by atoms with van der Waals surface area (Å²) in [4.78, 5) is 39.1. The predicted octanol–water partition coefficient (Wildman–Crippen LogP) is 3.78. The number of anilines is 2. The fraction of sp³-hybridized carbons (Fsp3) is 0.391. The maximum atomic E-state index is 12.9. The Morgan fingerprint density at radius 1 is 1.27 bits per heavy atom. The normalized spacial score (nSPS) is 15.9. The first-order valence-electron chi connectivity index (χ1n) is 10.1. The molecule has 0 aliphatic carbocycles. The van der Waals surface area contributed by atoms with Gasteiger partial charge in [-0.05, 0) is 37.8 Å². The van der Waals surface area contributed by atoms with Gasteiger partial charge in [0, 0.05) is 18.7 Å². The minimum absolute atomic E-state index is 0.0131. The largest absolute Gasteiger partial charge is 0.443 e. The number of carbonyl (C=O) groups excluding carboxylic acids is 3. The van der Waals surface area contributed by atoms with E-state index in [0.717, 1.165) is 29.7 Å². The van der Waals surface area contributed by atoms with Crippen LogP contribution in [-0.2, 0) is 22.4 Å². The lowest BCUT2D eigenvalue weighted by Gasteiger charge is -2.23. The maximum Gasteiger partial charge on any atom is 0.232 e. The van der Waals surface area contributed by atoms with Crippen LogP contribution in [0.4, 0.5) is 11.6 Å². The number of nitrogens with zero attached hydrogens (tertiary/aromatic N) is 2. The fourth-order valence-corrected chi connectivity index (χ4v) is 4.04. The fourth-order valence-electron chi connectivity index (χ4n) is 4.04. The number of ketones is 1. The third-order valence-corrected chi connectivity index (χ3v) is 5.52. The molecule has 2 amide bonds. The van der Waals surface area contributed by atoms with Crippen LogP contribution in [-0.4, -0.2) is 24.1 Å². The lowest BCUT2D eigenvalue weighted by molar-refractivity contribution is -0.122. The first-order valence-corrected chi connectivity index (χ1v) is 10.1. The summed E-state index contributed by atoms with van der Waals surface area (Å²) in [5.41, 5.74) is 3.22. The number of para-hydroxylation sites is 1. The molecule has 1 unspecified atom stereocenters. The number of rotatable bonds is 6. The molecular formula is C23H25N3O4. The van der Waals surface area contributed by atoms with E-state index in [2.05, 4.69) is 5.32 Å². The molecule has 1 saturated heterocycles. The summed E-state index contributed by atoms with van der Waals surface area (Å²) in [6, 6.07) is 7.92. The Hall–Kier alpha value is -3.40. The maximum absolute atomic E-state index is 12.9. The summed E-state index contributed by atoms with van der Waals surface area (Å²) < 4.78 is 5.47. The molecule has 2 aromatic rings. The van der Waals surface area contributed by atoms with E-state index >= 15 is 0 Å². The number of benzene rings is 1. The Bertz CT molecular complexity index is 1040. The molecule has 0 bridgehead atoms. The third kappa shape index (κ3) is 3.73. The molecule has 1 aliphatic rings. The second kappa shape index (κ2) is 8.54. The van der Waals surface area contributed by atoms with Crippen molar-refractivity contribution in [3.8, 4) is 6.07 Å². The first-order chi connectivity index (χ1) is 14.3. The molecule has 1 aromatic heterocycles. The van der Waals surface area contributed by atoms with Gasteiger partial charge in [0.1, 0.15) is 17.4 Å². The van der Waals surface area contributed by atoms with E-state index in [1.807, 2.05) is 38.1 Å². The van der Waals surface area contributed by atoms with Crippen LogP contribution >= 0.6 is 0 Å². The summed E-state index contributed by atoms with van der Waals surface area (Å²) in [6.07, 6.45) is 1.65. The van der Waals surface area contributed by atoms with Crippen molar-refractivity contribution in [1.82, 2.24) is 0 Å². The molecule has 0 saturated carbocycles. The number of aryl methyl sites for hydroxylation is 3. The molecule has 3 rings (SSSR count). The number of carbonyl (C=O) groups is 3. The van der Waals surface area contributed by atoms with Gasteiger partial charge < -0.3 is 9.32 Å². The Labute approximate surface area is 175 Å². The summed E-state index contributed by atoms with van der Waals surface area (Å²) in [5, 5.41) is 12.0. The highest BCUT2D eigenvalue weighted by molar-refractivity contribution is 6.05. The molecule has 1 atom stereocenters. The van der Waals surface area contributed by atoms with Crippen LogP contribution in [0.15, 0.2) is 22.6 Å². The number of furan rings is 1. The second-order valence-electron chi connectivity index (χ2n) is 7.43. The number of hydrogen-bond acceptors (Lipinski definition) is 5. The van der Waals surface area contributed by atoms with E-state index in [1.165, 1.54) is 6.92 Å². The molecule has 2 heterocycles. The zero-order chi connectivity index (χ0) is 22.0. The average molecular weight is 407 g/mol. The summed E-state index contributed by atoms with van der Waals surface area (Å²) in [6.45, 7) is 7.25. The van der Waals surface area contributed by atoms with Crippen LogP contribution in [0.25, 0.3) is 0 Å². The smallest absolute Gasteiger partial charge is 0.232 e.